The summed E-state index contributed by atoms with van der Waals surface area (Å²) >= 11 is 0. The molecular formula is C23H25FN2O4. The van der Waals surface area contributed by atoms with Crippen LogP contribution in [-0.4, -0.2) is 60.9 Å². The molecule has 0 saturated carbocycles. The normalized spacial score (nSPS) is 18.3. The lowest BCUT2D eigenvalue weighted by molar-refractivity contribution is -0.139. The van der Waals surface area contributed by atoms with Crippen molar-refractivity contribution in [1.29, 1.82) is 0 Å². The molecule has 1 saturated heterocycles. The van der Waals surface area contributed by atoms with Gasteiger partial charge in [-0.2, -0.15) is 0 Å². The van der Waals surface area contributed by atoms with Crippen LogP contribution in [-0.2, 0) is 9.59 Å². The highest BCUT2D eigenvalue weighted by Crippen LogP contribution is 2.39. The number of aliphatic hydroxyl groups excluding tert-OH is 1. The van der Waals surface area contributed by atoms with Crippen LogP contribution >= 0.6 is 0 Å². The molecule has 3 rings (SSSR count). The number of halogens is 1. The predicted octanol–water partition coefficient (Wildman–Crippen LogP) is 3.21. The fourth-order valence-electron chi connectivity index (χ4n) is 3.56. The summed E-state index contributed by atoms with van der Waals surface area (Å²) in [7, 11) is 5.38. The highest BCUT2D eigenvalue weighted by molar-refractivity contribution is 6.46. The van der Waals surface area contributed by atoms with E-state index in [-0.39, 0.29) is 11.3 Å². The number of likely N-dealkylation sites (tertiary alicyclic amines) is 1. The first-order chi connectivity index (χ1) is 14.3. The van der Waals surface area contributed by atoms with E-state index in [4.69, 9.17) is 4.74 Å². The average molecular weight is 412 g/mol. The van der Waals surface area contributed by atoms with Crippen molar-refractivity contribution < 1.29 is 23.8 Å². The number of benzene rings is 2. The van der Waals surface area contributed by atoms with E-state index in [0.29, 0.717) is 29.8 Å². The van der Waals surface area contributed by atoms with Crippen LogP contribution in [0.25, 0.3) is 5.76 Å². The van der Waals surface area contributed by atoms with Crippen molar-refractivity contribution in [3.63, 3.8) is 0 Å². The molecule has 1 fully saturated rings. The number of hydrogen-bond acceptors (Lipinski definition) is 5. The summed E-state index contributed by atoms with van der Waals surface area (Å²) in [6.45, 7) is 1.07. The average Bonchev–Trinajstić information content (AvgIpc) is 2.98. The van der Waals surface area contributed by atoms with Gasteiger partial charge in [0.05, 0.1) is 18.7 Å². The molecular weight excluding hydrogens is 387 g/mol. The molecule has 2 aromatic carbocycles. The number of nitrogens with zero attached hydrogens (tertiary/aromatic N) is 2. The van der Waals surface area contributed by atoms with Crippen molar-refractivity contribution in [2.45, 2.75) is 12.5 Å². The molecule has 0 aliphatic carbocycles. The van der Waals surface area contributed by atoms with Crippen molar-refractivity contribution in [2.75, 3.05) is 34.3 Å². The van der Waals surface area contributed by atoms with Crippen LogP contribution in [0.5, 0.6) is 5.75 Å². The van der Waals surface area contributed by atoms with Gasteiger partial charge < -0.3 is 19.6 Å². The van der Waals surface area contributed by atoms with Crippen molar-refractivity contribution in [3.05, 3.63) is 71.0 Å². The zero-order valence-electron chi connectivity index (χ0n) is 17.3. The number of carbonyl (C=O) groups excluding carboxylic acids is 2. The lowest BCUT2D eigenvalue weighted by atomic mass is 9.95. The molecule has 0 aromatic heterocycles. The Hall–Kier alpha value is -3.19. The fourth-order valence-corrected chi connectivity index (χ4v) is 3.56. The molecule has 7 heteroatoms. The van der Waals surface area contributed by atoms with Gasteiger partial charge in [-0.05, 0) is 69.0 Å². The Morgan fingerprint density at radius 1 is 1.10 bits per heavy atom. The number of carbonyl (C=O) groups is 2. The molecule has 1 heterocycles. The van der Waals surface area contributed by atoms with Gasteiger partial charge in [0.25, 0.3) is 11.7 Å². The van der Waals surface area contributed by atoms with E-state index in [2.05, 4.69) is 0 Å². The fraction of sp³-hybridized carbons (Fsp3) is 0.304. The van der Waals surface area contributed by atoms with Gasteiger partial charge >= 0.3 is 0 Å². The number of Topliss-reactive ketones (excluding diaryl/α,β-unsaturated/α-hetero) is 1. The number of rotatable bonds is 7. The number of ketones is 1. The van der Waals surface area contributed by atoms with Gasteiger partial charge in [-0.3, -0.25) is 9.59 Å². The Bertz CT molecular complexity index is 952. The van der Waals surface area contributed by atoms with Gasteiger partial charge in [-0.1, -0.05) is 12.1 Å². The molecule has 1 amide bonds. The quantitative estimate of drug-likeness (QED) is 0.430. The van der Waals surface area contributed by atoms with E-state index in [1.807, 2.05) is 19.0 Å². The number of ether oxygens (including phenoxy) is 1. The maximum atomic E-state index is 13.5. The molecule has 6 nitrogen and oxygen atoms in total. The van der Waals surface area contributed by atoms with Crippen molar-refractivity contribution in [2.24, 2.45) is 0 Å². The lowest BCUT2D eigenvalue weighted by Gasteiger charge is -2.26. The molecule has 1 aliphatic rings. The molecule has 2 aromatic rings. The Kier molecular flexibility index (Phi) is 6.52. The molecule has 1 N–H and O–H groups in total. The third-order valence-electron chi connectivity index (χ3n) is 5.09. The molecule has 30 heavy (non-hydrogen) atoms. The Morgan fingerprint density at radius 3 is 2.30 bits per heavy atom. The smallest absolute Gasteiger partial charge is 0.295 e. The summed E-state index contributed by atoms with van der Waals surface area (Å²) in [6, 6.07) is 11.4. The van der Waals surface area contributed by atoms with Gasteiger partial charge in [0.2, 0.25) is 0 Å². The second kappa shape index (κ2) is 9.09. The first kappa shape index (κ1) is 21.5. The highest BCUT2D eigenvalue weighted by Gasteiger charge is 2.45. The molecule has 0 unspecified atom stereocenters. The largest absolute Gasteiger partial charge is 0.507 e. The molecule has 0 radical (unpaired) electrons. The van der Waals surface area contributed by atoms with Crippen LogP contribution in [0.1, 0.15) is 23.6 Å². The van der Waals surface area contributed by atoms with E-state index in [1.165, 1.54) is 36.3 Å². The van der Waals surface area contributed by atoms with Crippen LogP contribution in [0.4, 0.5) is 4.39 Å². The van der Waals surface area contributed by atoms with E-state index >= 15 is 0 Å². The lowest BCUT2D eigenvalue weighted by Crippen LogP contribution is -2.32. The Balaban J connectivity index is 2.06. The minimum atomic E-state index is -0.783. The predicted molar refractivity (Wildman–Crippen MR) is 112 cm³/mol. The van der Waals surface area contributed by atoms with Crippen LogP contribution in [0, 0.1) is 5.82 Å². The van der Waals surface area contributed by atoms with Gasteiger partial charge in [0.1, 0.15) is 17.3 Å². The van der Waals surface area contributed by atoms with Crippen LogP contribution in [0.15, 0.2) is 54.1 Å². The number of hydrogen-bond donors (Lipinski definition) is 1. The summed E-state index contributed by atoms with van der Waals surface area (Å²) < 4.78 is 18.6. The van der Waals surface area contributed by atoms with Gasteiger partial charge in [-0.15, -0.1) is 0 Å². The molecule has 0 spiro atoms. The van der Waals surface area contributed by atoms with Gasteiger partial charge in [0.15, 0.2) is 0 Å². The van der Waals surface area contributed by atoms with Crippen molar-refractivity contribution >= 4 is 17.4 Å². The topological polar surface area (TPSA) is 70.1 Å². The third-order valence-corrected chi connectivity index (χ3v) is 5.09. The summed E-state index contributed by atoms with van der Waals surface area (Å²) in [5.74, 6) is -1.50. The maximum Gasteiger partial charge on any atom is 0.295 e. The van der Waals surface area contributed by atoms with Crippen LogP contribution < -0.4 is 4.74 Å². The van der Waals surface area contributed by atoms with Crippen LogP contribution in [0.2, 0.25) is 0 Å². The zero-order valence-corrected chi connectivity index (χ0v) is 17.3. The SMILES string of the molecule is COc1ccc(/C(O)=C2\C(=O)C(=O)N(CCCN(C)C)[C@H]2c2ccc(F)cc2)cc1. The summed E-state index contributed by atoms with van der Waals surface area (Å²) in [4.78, 5) is 29.1. The van der Waals surface area contributed by atoms with E-state index in [0.717, 1.165) is 6.54 Å². The first-order valence-corrected chi connectivity index (χ1v) is 9.66. The molecule has 1 aliphatic heterocycles. The second-order valence-electron chi connectivity index (χ2n) is 7.43. The number of amides is 1. The first-order valence-electron chi connectivity index (χ1n) is 9.66. The zero-order chi connectivity index (χ0) is 21.8. The second-order valence-corrected chi connectivity index (χ2v) is 7.43. The maximum absolute atomic E-state index is 13.5. The van der Waals surface area contributed by atoms with E-state index in [1.54, 1.807) is 24.3 Å². The van der Waals surface area contributed by atoms with Gasteiger partial charge in [0, 0.05) is 12.1 Å². The number of methoxy groups -OCH3 is 1. The molecule has 158 valence electrons. The van der Waals surface area contributed by atoms with Crippen LogP contribution in [0.3, 0.4) is 0 Å². The summed E-state index contributed by atoms with van der Waals surface area (Å²) in [5.41, 5.74) is 0.964. The standard InChI is InChI=1S/C23H25FN2O4/c1-25(2)13-4-14-26-20(15-5-9-17(24)10-6-15)19(22(28)23(26)29)21(27)16-7-11-18(30-3)12-8-16/h5-12,20,27H,4,13-14H2,1-3H3/b21-19+/t20-/m0/s1. The minimum Gasteiger partial charge on any atom is -0.507 e. The monoisotopic (exact) mass is 412 g/mol. The van der Waals surface area contributed by atoms with E-state index < -0.39 is 23.5 Å². The summed E-state index contributed by atoms with van der Waals surface area (Å²) in [6.07, 6.45) is 0.653. The van der Waals surface area contributed by atoms with Crippen molar-refractivity contribution in [3.8, 4) is 5.75 Å². The summed E-state index contributed by atoms with van der Waals surface area (Å²) in [5, 5.41) is 10.9. The highest BCUT2D eigenvalue weighted by atomic mass is 19.1. The van der Waals surface area contributed by atoms with Crippen molar-refractivity contribution in [1.82, 2.24) is 9.80 Å². The Labute approximate surface area is 175 Å². The molecule has 1 atom stereocenters. The Morgan fingerprint density at radius 2 is 1.73 bits per heavy atom. The van der Waals surface area contributed by atoms with E-state index in [9.17, 15) is 19.1 Å². The minimum absolute atomic E-state index is 0.00151. The number of aliphatic hydroxyl groups is 1. The third kappa shape index (κ3) is 4.36. The molecule has 0 bridgehead atoms. The van der Waals surface area contributed by atoms with Gasteiger partial charge in [-0.25, -0.2) is 4.39 Å².